The van der Waals surface area contributed by atoms with Gasteiger partial charge >= 0.3 is 0 Å². The van der Waals surface area contributed by atoms with Gasteiger partial charge in [0, 0.05) is 5.56 Å². The summed E-state index contributed by atoms with van der Waals surface area (Å²) in [7, 11) is 1.49. The molecule has 4 heteroatoms. The quantitative estimate of drug-likeness (QED) is 0.348. The normalized spacial score (nSPS) is 11.7. The summed E-state index contributed by atoms with van der Waals surface area (Å²) in [5.41, 5.74) is 1.64. The van der Waals surface area contributed by atoms with Crippen molar-refractivity contribution in [3.63, 3.8) is 0 Å². The molecule has 0 heterocycles. The molecule has 0 saturated carbocycles. The average molecular weight is 239 g/mol. The fraction of sp³-hybridized carbons (Fsp3) is 0.0714. The van der Waals surface area contributed by atoms with Crippen molar-refractivity contribution in [1.29, 1.82) is 0 Å². The number of benzene rings is 2. The minimum absolute atomic E-state index is 0.446. The van der Waals surface area contributed by atoms with Crippen LogP contribution in [0.3, 0.4) is 0 Å². The number of hydrogen-bond donors (Lipinski definition) is 0. The molecule has 2 aromatic rings. The van der Waals surface area contributed by atoms with Crippen molar-refractivity contribution in [3.05, 3.63) is 66.2 Å². The molecule has 0 fully saturated rings. The van der Waals surface area contributed by atoms with Crippen LogP contribution in [-0.4, -0.2) is 12.9 Å². The standard InChI is InChI=1S/C14H13N3O/c1-18-17-14(12-8-4-2-5-9-12)16-15-13-10-6-3-7-11-13/h2-11H,1H3/b16-15?,17-14+. The molecule has 0 bridgehead atoms. The van der Waals surface area contributed by atoms with Crippen LogP contribution < -0.4 is 0 Å². The summed E-state index contributed by atoms with van der Waals surface area (Å²) in [5.74, 6) is 0.446. The highest BCUT2D eigenvalue weighted by Crippen LogP contribution is 2.12. The van der Waals surface area contributed by atoms with Crippen molar-refractivity contribution in [2.75, 3.05) is 7.11 Å². The van der Waals surface area contributed by atoms with Gasteiger partial charge in [-0.1, -0.05) is 53.7 Å². The van der Waals surface area contributed by atoms with E-state index in [9.17, 15) is 0 Å². The number of nitrogens with zero attached hydrogens (tertiary/aromatic N) is 3. The average Bonchev–Trinajstić information content (AvgIpc) is 2.45. The van der Waals surface area contributed by atoms with Crippen LogP contribution in [0.1, 0.15) is 5.56 Å². The highest BCUT2D eigenvalue weighted by atomic mass is 16.6. The fourth-order valence-corrected chi connectivity index (χ4v) is 1.40. The first-order valence-corrected chi connectivity index (χ1v) is 5.53. The highest BCUT2D eigenvalue weighted by molar-refractivity contribution is 5.98. The van der Waals surface area contributed by atoms with E-state index in [4.69, 9.17) is 4.84 Å². The molecule has 2 rings (SSSR count). The minimum atomic E-state index is 0.446. The number of hydrogen-bond acceptors (Lipinski definition) is 3. The molecule has 0 aliphatic heterocycles. The molecule has 2 aromatic carbocycles. The molecule has 0 saturated heterocycles. The third kappa shape index (κ3) is 3.25. The van der Waals surface area contributed by atoms with Crippen LogP contribution in [0.4, 0.5) is 5.69 Å². The summed E-state index contributed by atoms with van der Waals surface area (Å²) in [5, 5.41) is 12.1. The topological polar surface area (TPSA) is 46.3 Å². The Hall–Kier alpha value is -2.49. The zero-order chi connectivity index (χ0) is 12.6. The van der Waals surface area contributed by atoms with E-state index >= 15 is 0 Å². The predicted octanol–water partition coefficient (Wildman–Crippen LogP) is 3.78. The number of azo groups is 1. The van der Waals surface area contributed by atoms with Crippen LogP contribution >= 0.6 is 0 Å². The molecule has 0 amide bonds. The molecule has 0 aliphatic carbocycles. The zero-order valence-corrected chi connectivity index (χ0v) is 10.0. The third-order valence-electron chi connectivity index (χ3n) is 2.23. The molecule has 0 aliphatic rings. The zero-order valence-electron chi connectivity index (χ0n) is 10.0. The Morgan fingerprint density at radius 2 is 1.50 bits per heavy atom. The number of oxime groups is 1. The van der Waals surface area contributed by atoms with Gasteiger partial charge in [0.15, 0.2) is 0 Å². The second-order valence-electron chi connectivity index (χ2n) is 3.50. The van der Waals surface area contributed by atoms with Gasteiger partial charge in [-0.15, -0.1) is 10.2 Å². The van der Waals surface area contributed by atoms with Crippen molar-refractivity contribution in [2.45, 2.75) is 0 Å². The van der Waals surface area contributed by atoms with E-state index in [0.717, 1.165) is 11.3 Å². The lowest BCUT2D eigenvalue weighted by atomic mass is 10.2. The van der Waals surface area contributed by atoms with Gasteiger partial charge < -0.3 is 4.84 Å². The van der Waals surface area contributed by atoms with Crippen LogP contribution in [0.2, 0.25) is 0 Å². The van der Waals surface area contributed by atoms with Crippen molar-refractivity contribution >= 4 is 11.5 Å². The summed E-state index contributed by atoms with van der Waals surface area (Å²) in [4.78, 5) is 4.78. The number of rotatable bonds is 3. The summed E-state index contributed by atoms with van der Waals surface area (Å²) in [6, 6.07) is 19.1. The second kappa shape index (κ2) is 6.30. The first-order chi connectivity index (χ1) is 8.90. The van der Waals surface area contributed by atoms with Gasteiger partial charge in [0.25, 0.3) is 0 Å². The maximum absolute atomic E-state index is 4.78. The van der Waals surface area contributed by atoms with Crippen molar-refractivity contribution in [2.24, 2.45) is 15.4 Å². The maximum Gasteiger partial charge on any atom is 0.220 e. The van der Waals surface area contributed by atoms with Gasteiger partial charge in [0.05, 0.1) is 5.69 Å². The van der Waals surface area contributed by atoms with E-state index in [1.807, 2.05) is 60.7 Å². The molecule has 18 heavy (non-hydrogen) atoms. The molecule has 0 atom stereocenters. The summed E-state index contributed by atoms with van der Waals surface area (Å²) in [6.45, 7) is 0. The molecule has 0 unspecified atom stereocenters. The predicted molar refractivity (Wildman–Crippen MR) is 70.9 cm³/mol. The Morgan fingerprint density at radius 3 is 2.11 bits per heavy atom. The van der Waals surface area contributed by atoms with Crippen molar-refractivity contribution in [3.8, 4) is 0 Å². The molecule has 0 aromatic heterocycles. The van der Waals surface area contributed by atoms with Gasteiger partial charge in [-0.2, -0.15) is 0 Å². The SMILES string of the molecule is CO/N=C(/N=Nc1ccccc1)c1ccccc1. The van der Waals surface area contributed by atoms with Gasteiger partial charge in [0.2, 0.25) is 5.84 Å². The lowest BCUT2D eigenvalue weighted by Gasteiger charge is -1.98. The van der Waals surface area contributed by atoms with Crippen LogP contribution in [-0.2, 0) is 4.84 Å². The Labute approximate surface area is 106 Å². The lowest BCUT2D eigenvalue weighted by Crippen LogP contribution is -1.96. The number of amidine groups is 1. The van der Waals surface area contributed by atoms with Gasteiger partial charge in [-0.3, -0.25) is 0 Å². The van der Waals surface area contributed by atoms with Crippen molar-refractivity contribution < 1.29 is 4.84 Å². The van der Waals surface area contributed by atoms with Gasteiger partial charge in [-0.05, 0) is 12.1 Å². The smallest absolute Gasteiger partial charge is 0.220 e. The Kier molecular flexibility index (Phi) is 4.19. The van der Waals surface area contributed by atoms with Gasteiger partial charge in [-0.25, -0.2) is 0 Å². The first kappa shape index (κ1) is 12.0. The van der Waals surface area contributed by atoms with Crippen molar-refractivity contribution in [1.82, 2.24) is 0 Å². The second-order valence-corrected chi connectivity index (χ2v) is 3.50. The molecule has 0 spiro atoms. The molecular weight excluding hydrogens is 226 g/mol. The lowest BCUT2D eigenvalue weighted by molar-refractivity contribution is 0.213. The Bertz CT molecular complexity index is 535. The van der Waals surface area contributed by atoms with E-state index < -0.39 is 0 Å². The molecular formula is C14H13N3O. The third-order valence-corrected chi connectivity index (χ3v) is 2.23. The highest BCUT2D eigenvalue weighted by Gasteiger charge is 2.01. The van der Waals surface area contributed by atoms with Crippen LogP contribution in [0.15, 0.2) is 76.0 Å². The molecule has 0 radical (unpaired) electrons. The summed E-state index contributed by atoms with van der Waals surface area (Å²) < 4.78 is 0. The van der Waals surface area contributed by atoms with Crippen LogP contribution in [0, 0.1) is 0 Å². The van der Waals surface area contributed by atoms with E-state index in [1.54, 1.807) is 0 Å². The van der Waals surface area contributed by atoms with Gasteiger partial charge in [0.1, 0.15) is 7.11 Å². The van der Waals surface area contributed by atoms with E-state index in [-0.39, 0.29) is 0 Å². The Morgan fingerprint density at radius 1 is 0.889 bits per heavy atom. The van der Waals surface area contributed by atoms with Crippen LogP contribution in [0.25, 0.3) is 0 Å². The maximum atomic E-state index is 4.78. The van der Waals surface area contributed by atoms with E-state index in [1.165, 1.54) is 7.11 Å². The molecule has 90 valence electrons. The molecule has 0 N–H and O–H groups in total. The summed E-state index contributed by atoms with van der Waals surface area (Å²) in [6.07, 6.45) is 0. The molecule has 4 nitrogen and oxygen atoms in total. The van der Waals surface area contributed by atoms with Crippen LogP contribution in [0.5, 0.6) is 0 Å². The fourth-order valence-electron chi connectivity index (χ4n) is 1.40. The minimum Gasteiger partial charge on any atom is -0.397 e. The van der Waals surface area contributed by atoms with E-state index in [0.29, 0.717) is 5.84 Å². The monoisotopic (exact) mass is 239 g/mol. The largest absolute Gasteiger partial charge is 0.397 e. The van der Waals surface area contributed by atoms with E-state index in [2.05, 4.69) is 15.4 Å². The Balaban J connectivity index is 2.23. The first-order valence-electron chi connectivity index (χ1n) is 5.53. The summed E-state index contributed by atoms with van der Waals surface area (Å²) >= 11 is 0.